The Kier molecular flexibility index (Phi) is 5.27. The predicted octanol–water partition coefficient (Wildman–Crippen LogP) is 3.74. The van der Waals surface area contributed by atoms with E-state index in [4.69, 9.17) is 16.0 Å². The van der Waals surface area contributed by atoms with Crippen LogP contribution in [0.5, 0.6) is 0 Å². The van der Waals surface area contributed by atoms with Crippen molar-refractivity contribution < 1.29 is 9.21 Å². The fourth-order valence-corrected chi connectivity index (χ4v) is 3.10. The van der Waals surface area contributed by atoms with Gasteiger partial charge >= 0.3 is 0 Å². The summed E-state index contributed by atoms with van der Waals surface area (Å²) in [6.45, 7) is 0.392. The standard InChI is InChI=1S/C17H16ClN3O2S/c1-21-15(12-4-6-13(18)7-5-12)10-20-17(21)24-11-16(22)19-9-14-3-2-8-23-14/h2-8,10H,9,11H2,1H3,(H,19,22). The van der Waals surface area contributed by atoms with Gasteiger partial charge in [0.05, 0.1) is 30.5 Å². The van der Waals surface area contributed by atoms with Crippen LogP contribution in [0.25, 0.3) is 11.3 Å². The van der Waals surface area contributed by atoms with Gasteiger partial charge in [-0.05, 0) is 29.8 Å². The molecule has 0 aliphatic carbocycles. The molecule has 2 aromatic heterocycles. The Bertz CT molecular complexity index is 813. The molecule has 7 heteroatoms. The Morgan fingerprint density at radius 1 is 1.33 bits per heavy atom. The molecule has 0 atom stereocenters. The number of rotatable bonds is 6. The molecule has 0 aliphatic rings. The van der Waals surface area contributed by atoms with Crippen LogP contribution in [0.2, 0.25) is 5.02 Å². The summed E-state index contributed by atoms with van der Waals surface area (Å²) in [5.41, 5.74) is 2.01. The molecule has 0 radical (unpaired) electrons. The average Bonchev–Trinajstić information content (AvgIpc) is 3.22. The summed E-state index contributed by atoms with van der Waals surface area (Å²) < 4.78 is 7.15. The van der Waals surface area contributed by atoms with Crippen molar-refractivity contribution in [1.82, 2.24) is 14.9 Å². The largest absolute Gasteiger partial charge is 0.467 e. The maximum absolute atomic E-state index is 11.9. The van der Waals surface area contributed by atoms with E-state index in [1.807, 2.05) is 41.9 Å². The summed E-state index contributed by atoms with van der Waals surface area (Å²) in [5.74, 6) is 0.967. The molecule has 3 rings (SSSR count). The van der Waals surface area contributed by atoms with Gasteiger partial charge in [-0.15, -0.1) is 0 Å². The van der Waals surface area contributed by atoms with Gasteiger partial charge in [-0.3, -0.25) is 4.79 Å². The lowest BCUT2D eigenvalue weighted by Gasteiger charge is -2.06. The molecule has 0 aliphatic heterocycles. The Balaban J connectivity index is 1.58. The Labute approximate surface area is 149 Å². The van der Waals surface area contributed by atoms with Crippen LogP contribution < -0.4 is 5.32 Å². The van der Waals surface area contributed by atoms with Crippen LogP contribution >= 0.6 is 23.4 Å². The van der Waals surface area contributed by atoms with Gasteiger partial charge in [-0.25, -0.2) is 4.98 Å². The number of halogens is 1. The second-order valence-electron chi connectivity index (χ2n) is 5.14. The molecular weight excluding hydrogens is 346 g/mol. The lowest BCUT2D eigenvalue weighted by molar-refractivity contribution is -0.118. The summed E-state index contributed by atoms with van der Waals surface area (Å²) in [6, 6.07) is 11.2. The number of hydrogen-bond donors (Lipinski definition) is 1. The van der Waals surface area contributed by atoms with Gasteiger partial charge in [-0.1, -0.05) is 35.5 Å². The third-order valence-corrected chi connectivity index (χ3v) is 4.75. The van der Waals surface area contributed by atoms with Crippen molar-refractivity contribution in [3.63, 3.8) is 0 Å². The third-order valence-electron chi connectivity index (χ3n) is 3.46. The quantitative estimate of drug-likeness (QED) is 0.679. The topological polar surface area (TPSA) is 60.1 Å². The first kappa shape index (κ1) is 16.7. The summed E-state index contributed by atoms with van der Waals surface area (Å²) in [5, 5.41) is 4.30. The van der Waals surface area contributed by atoms with E-state index in [1.165, 1.54) is 11.8 Å². The van der Waals surface area contributed by atoms with Gasteiger partial charge in [0.25, 0.3) is 0 Å². The van der Waals surface area contributed by atoms with E-state index in [2.05, 4.69) is 10.3 Å². The highest BCUT2D eigenvalue weighted by atomic mass is 35.5. The highest BCUT2D eigenvalue weighted by molar-refractivity contribution is 7.99. The normalized spacial score (nSPS) is 10.8. The van der Waals surface area contributed by atoms with Crippen LogP contribution in [-0.4, -0.2) is 21.2 Å². The van der Waals surface area contributed by atoms with Crippen molar-refractivity contribution in [2.45, 2.75) is 11.7 Å². The van der Waals surface area contributed by atoms with Gasteiger partial charge in [0, 0.05) is 12.1 Å². The summed E-state index contributed by atoms with van der Waals surface area (Å²) >= 11 is 7.31. The summed E-state index contributed by atoms with van der Waals surface area (Å²) in [7, 11) is 1.93. The Morgan fingerprint density at radius 2 is 2.12 bits per heavy atom. The molecule has 5 nitrogen and oxygen atoms in total. The van der Waals surface area contributed by atoms with Crippen molar-refractivity contribution in [2.75, 3.05) is 5.75 Å². The molecule has 1 aromatic carbocycles. The lowest BCUT2D eigenvalue weighted by Crippen LogP contribution is -2.24. The summed E-state index contributed by atoms with van der Waals surface area (Å²) in [6.07, 6.45) is 3.38. The summed E-state index contributed by atoms with van der Waals surface area (Å²) in [4.78, 5) is 16.3. The van der Waals surface area contributed by atoms with Crippen LogP contribution in [0.3, 0.4) is 0 Å². The minimum Gasteiger partial charge on any atom is -0.467 e. The van der Waals surface area contributed by atoms with E-state index >= 15 is 0 Å². The number of furan rings is 1. The first-order valence-electron chi connectivity index (χ1n) is 7.33. The molecule has 124 valence electrons. The number of carbonyl (C=O) groups excluding carboxylic acids is 1. The maximum Gasteiger partial charge on any atom is 0.230 e. The molecule has 0 bridgehead atoms. The molecule has 3 aromatic rings. The Hall–Kier alpha value is -2.18. The predicted molar refractivity (Wildman–Crippen MR) is 94.9 cm³/mol. The zero-order chi connectivity index (χ0) is 16.9. The monoisotopic (exact) mass is 361 g/mol. The molecule has 0 spiro atoms. The van der Waals surface area contributed by atoms with E-state index in [0.717, 1.165) is 22.2 Å². The minimum absolute atomic E-state index is 0.0626. The van der Waals surface area contributed by atoms with Crippen molar-refractivity contribution >= 4 is 29.3 Å². The number of carbonyl (C=O) groups is 1. The number of benzene rings is 1. The number of imidazole rings is 1. The lowest BCUT2D eigenvalue weighted by atomic mass is 10.2. The van der Waals surface area contributed by atoms with Gasteiger partial charge in [0.1, 0.15) is 5.76 Å². The molecule has 0 saturated heterocycles. The third kappa shape index (κ3) is 4.01. The van der Waals surface area contributed by atoms with E-state index in [0.29, 0.717) is 17.3 Å². The number of nitrogens with zero attached hydrogens (tertiary/aromatic N) is 2. The highest BCUT2D eigenvalue weighted by Crippen LogP contribution is 2.25. The number of aromatic nitrogens is 2. The van der Waals surface area contributed by atoms with Crippen LogP contribution in [0.15, 0.2) is 58.4 Å². The second-order valence-corrected chi connectivity index (χ2v) is 6.52. The van der Waals surface area contributed by atoms with Gasteiger partial charge in [-0.2, -0.15) is 0 Å². The zero-order valence-corrected chi connectivity index (χ0v) is 14.6. The zero-order valence-electron chi connectivity index (χ0n) is 13.0. The van der Waals surface area contributed by atoms with Crippen LogP contribution in [-0.2, 0) is 18.4 Å². The van der Waals surface area contributed by atoms with Gasteiger partial charge in [0.15, 0.2) is 5.16 Å². The Morgan fingerprint density at radius 3 is 2.83 bits per heavy atom. The van der Waals surface area contributed by atoms with Crippen molar-refractivity contribution in [3.05, 3.63) is 59.6 Å². The van der Waals surface area contributed by atoms with Crippen LogP contribution in [0.4, 0.5) is 0 Å². The number of hydrogen-bond acceptors (Lipinski definition) is 4. The molecule has 0 unspecified atom stereocenters. The molecule has 24 heavy (non-hydrogen) atoms. The fourth-order valence-electron chi connectivity index (χ4n) is 2.20. The van der Waals surface area contributed by atoms with E-state index in [9.17, 15) is 4.79 Å². The highest BCUT2D eigenvalue weighted by Gasteiger charge is 2.11. The van der Waals surface area contributed by atoms with E-state index < -0.39 is 0 Å². The number of thioether (sulfide) groups is 1. The average molecular weight is 362 g/mol. The van der Waals surface area contributed by atoms with Crippen LogP contribution in [0.1, 0.15) is 5.76 Å². The molecule has 1 N–H and O–H groups in total. The number of amides is 1. The van der Waals surface area contributed by atoms with E-state index in [1.54, 1.807) is 18.5 Å². The molecular formula is C17H16ClN3O2S. The SMILES string of the molecule is Cn1c(-c2ccc(Cl)cc2)cnc1SCC(=O)NCc1ccco1. The second kappa shape index (κ2) is 7.59. The number of nitrogens with one attached hydrogen (secondary N) is 1. The molecule has 1 amide bonds. The first-order valence-corrected chi connectivity index (χ1v) is 8.69. The molecule has 0 fully saturated rings. The first-order chi connectivity index (χ1) is 11.6. The van der Waals surface area contributed by atoms with Gasteiger partial charge < -0.3 is 14.3 Å². The van der Waals surface area contributed by atoms with Crippen molar-refractivity contribution in [1.29, 1.82) is 0 Å². The fraction of sp³-hybridized carbons (Fsp3) is 0.176. The maximum atomic E-state index is 11.9. The minimum atomic E-state index is -0.0626. The van der Waals surface area contributed by atoms with Crippen molar-refractivity contribution in [2.24, 2.45) is 7.05 Å². The molecule has 2 heterocycles. The van der Waals surface area contributed by atoms with Crippen LogP contribution in [0, 0.1) is 0 Å². The van der Waals surface area contributed by atoms with Crippen molar-refractivity contribution in [3.8, 4) is 11.3 Å². The van der Waals surface area contributed by atoms with Gasteiger partial charge in [0.2, 0.25) is 5.91 Å². The molecule has 0 saturated carbocycles. The smallest absolute Gasteiger partial charge is 0.230 e. The van der Waals surface area contributed by atoms with E-state index in [-0.39, 0.29) is 5.91 Å².